The van der Waals surface area contributed by atoms with Crippen LogP contribution in [0.1, 0.15) is 19.4 Å². The number of aliphatic hydroxyl groups is 2. The van der Waals surface area contributed by atoms with Gasteiger partial charge in [0.2, 0.25) is 0 Å². The summed E-state index contributed by atoms with van der Waals surface area (Å²) in [6, 6.07) is 7.10. The first-order valence-electron chi connectivity index (χ1n) is 6.12. The van der Waals surface area contributed by atoms with Crippen LogP contribution in [0.3, 0.4) is 0 Å². The lowest BCUT2D eigenvalue weighted by molar-refractivity contribution is -0.273. The molecule has 6 nitrogen and oxygen atoms in total. The predicted molar refractivity (Wildman–Crippen MR) is 73.3 cm³/mol. The van der Waals surface area contributed by atoms with Crippen molar-refractivity contribution in [1.29, 1.82) is 0 Å². The van der Waals surface area contributed by atoms with Gasteiger partial charge in [-0.15, -0.1) is 0 Å². The summed E-state index contributed by atoms with van der Waals surface area (Å²) in [6.45, 7) is 2.76. The molecular weight excluding hydrogens is 262 g/mol. The number of benzene rings is 1. The fourth-order valence-electron chi connectivity index (χ4n) is 1.48. The maximum absolute atomic E-state index is 11.6. The second-order valence-corrected chi connectivity index (χ2v) is 4.14. The third-order valence-electron chi connectivity index (χ3n) is 2.46. The van der Waals surface area contributed by atoms with Gasteiger partial charge in [-0.05, 0) is 37.6 Å². The molecule has 0 saturated heterocycles. The number of rotatable bonds is 6. The van der Waals surface area contributed by atoms with Crippen molar-refractivity contribution in [3.8, 4) is 5.75 Å². The largest absolute Gasteiger partial charge is 0.497 e. The van der Waals surface area contributed by atoms with E-state index in [9.17, 15) is 15.0 Å². The first-order valence-corrected chi connectivity index (χ1v) is 6.12. The van der Waals surface area contributed by atoms with Crippen molar-refractivity contribution in [2.24, 2.45) is 0 Å². The standard InChI is InChI=1S/C14H19NO5/c1-10(16)15(11(2)17)20-14(18)9-6-12-4-7-13(19-3)8-5-12/h4-11,16-17H,1-3H3/b9-6+. The van der Waals surface area contributed by atoms with Crippen LogP contribution in [0, 0.1) is 0 Å². The second-order valence-electron chi connectivity index (χ2n) is 4.14. The monoisotopic (exact) mass is 281 g/mol. The zero-order chi connectivity index (χ0) is 15.1. The molecule has 0 aliphatic heterocycles. The molecule has 2 atom stereocenters. The van der Waals surface area contributed by atoms with Crippen molar-refractivity contribution in [3.05, 3.63) is 35.9 Å². The average Bonchev–Trinajstić information content (AvgIpc) is 2.42. The molecule has 110 valence electrons. The number of ether oxygens (including phenoxy) is 1. The molecule has 0 bridgehead atoms. The van der Waals surface area contributed by atoms with E-state index in [0.29, 0.717) is 0 Å². The molecule has 0 fully saturated rings. The van der Waals surface area contributed by atoms with Crippen LogP contribution in [0.15, 0.2) is 30.3 Å². The van der Waals surface area contributed by atoms with Gasteiger partial charge >= 0.3 is 5.97 Å². The number of aliphatic hydroxyl groups excluding tert-OH is 2. The molecule has 1 rings (SSSR count). The Morgan fingerprint density at radius 2 is 1.75 bits per heavy atom. The van der Waals surface area contributed by atoms with E-state index in [1.54, 1.807) is 37.5 Å². The van der Waals surface area contributed by atoms with Crippen LogP contribution in [-0.2, 0) is 9.63 Å². The van der Waals surface area contributed by atoms with Crippen LogP contribution in [0.25, 0.3) is 6.08 Å². The van der Waals surface area contributed by atoms with Crippen molar-refractivity contribution in [2.45, 2.75) is 26.3 Å². The zero-order valence-electron chi connectivity index (χ0n) is 11.7. The highest BCUT2D eigenvalue weighted by atomic mass is 16.7. The van der Waals surface area contributed by atoms with Gasteiger partial charge in [0.1, 0.15) is 18.2 Å². The average molecular weight is 281 g/mol. The van der Waals surface area contributed by atoms with Crippen LogP contribution >= 0.6 is 0 Å². The van der Waals surface area contributed by atoms with Gasteiger partial charge in [0.25, 0.3) is 0 Å². The maximum atomic E-state index is 11.6. The summed E-state index contributed by atoms with van der Waals surface area (Å²) in [5.74, 6) is 0.0294. The van der Waals surface area contributed by atoms with Crippen LogP contribution in [-0.4, -0.2) is 40.8 Å². The van der Waals surface area contributed by atoms with Gasteiger partial charge in [-0.25, -0.2) is 4.79 Å². The molecule has 6 heteroatoms. The molecule has 0 saturated carbocycles. The summed E-state index contributed by atoms with van der Waals surface area (Å²) in [7, 11) is 1.57. The van der Waals surface area contributed by atoms with Crippen LogP contribution in [0.4, 0.5) is 0 Å². The SMILES string of the molecule is COc1ccc(/C=C/C(=O)ON(C(C)O)C(C)O)cc1. The molecule has 1 aromatic carbocycles. The summed E-state index contributed by atoms with van der Waals surface area (Å²) in [6.07, 6.45) is 0.561. The highest BCUT2D eigenvalue weighted by Crippen LogP contribution is 2.12. The van der Waals surface area contributed by atoms with Crippen molar-refractivity contribution in [3.63, 3.8) is 0 Å². The van der Waals surface area contributed by atoms with E-state index in [4.69, 9.17) is 9.57 Å². The van der Waals surface area contributed by atoms with Gasteiger partial charge in [-0.1, -0.05) is 17.2 Å². The van der Waals surface area contributed by atoms with E-state index < -0.39 is 18.4 Å². The number of hydroxylamine groups is 2. The van der Waals surface area contributed by atoms with Gasteiger partial charge in [-0.2, -0.15) is 0 Å². The Morgan fingerprint density at radius 1 is 1.20 bits per heavy atom. The molecule has 0 aliphatic carbocycles. The zero-order valence-corrected chi connectivity index (χ0v) is 11.7. The Balaban J connectivity index is 2.62. The Bertz CT molecular complexity index is 445. The van der Waals surface area contributed by atoms with E-state index >= 15 is 0 Å². The van der Waals surface area contributed by atoms with Crippen molar-refractivity contribution < 1.29 is 24.6 Å². The Hall–Kier alpha value is -1.89. The Morgan fingerprint density at radius 3 is 2.20 bits per heavy atom. The molecule has 0 amide bonds. The molecule has 2 N–H and O–H groups in total. The Kier molecular flexibility index (Phi) is 6.17. The highest BCUT2D eigenvalue weighted by molar-refractivity contribution is 5.86. The molecule has 0 radical (unpaired) electrons. The van der Waals surface area contributed by atoms with Crippen LogP contribution in [0.2, 0.25) is 0 Å². The molecule has 0 heterocycles. The first-order chi connectivity index (χ1) is 9.43. The lowest BCUT2D eigenvalue weighted by Gasteiger charge is -2.25. The normalized spacial score (nSPS) is 14.3. The second kappa shape index (κ2) is 7.64. The third kappa shape index (κ3) is 5.00. The fourth-order valence-corrected chi connectivity index (χ4v) is 1.48. The van der Waals surface area contributed by atoms with Crippen molar-refractivity contribution in [2.75, 3.05) is 7.11 Å². The first kappa shape index (κ1) is 16.2. The van der Waals surface area contributed by atoms with E-state index in [-0.39, 0.29) is 0 Å². The van der Waals surface area contributed by atoms with E-state index in [1.165, 1.54) is 19.9 Å². The highest BCUT2D eigenvalue weighted by Gasteiger charge is 2.20. The van der Waals surface area contributed by atoms with Gasteiger partial charge in [0, 0.05) is 6.08 Å². The summed E-state index contributed by atoms with van der Waals surface area (Å²) in [5.41, 5.74) is 0.795. The van der Waals surface area contributed by atoms with Gasteiger partial charge < -0.3 is 19.8 Å². The van der Waals surface area contributed by atoms with Gasteiger partial charge in [-0.3, -0.25) is 0 Å². The van der Waals surface area contributed by atoms with E-state index in [2.05, 4.69) is 0 Å². The summed E-state index contributed by atoms with van der Waals surface area (Å²) in [4.78, 5) is 16.4. The summed E-state index contributed by atoms with van der Waals surface area (Å²) >= 11 is 0. The number of nitrogens with zero attached hydrogens (tertiary/aromatic N) is 1. The van der Waals surface area contributed by atoms with Gasteiger partial charge in [0.05, 0.1) is 7.11 Å². The number of methoxy groups -OCH3 is 1. The molecule has 20 heavy (non-hydrogen) atoms. The fraction of sp³-hybridized carbons (Fsp3) is 0.357. The van der Waals surface area contributed by atoms with Crippen molar-refractivity contribution >= 4 is 12.0 Å². The number of carbonyl (C=O) groups is 1. The van der Waals surface area contributed by atoms with Gasteiger partial charge in [0.15, 0.2) is 0 Å². The topological polar surface area (TPSA) is 79.2 Å². The predicted octanol–water partition coefficient (Wildman–Crippen LogP) is 1.15. The summed E-state index contributed by atoms with van der Waals surface area (Å²) < 4.78 is 5.02. The minimum atomic E-state index is -1.10. The molecule has 0 aromatic heterocycles. The molecule has 2 unspecified atom stereocenters. The number of hydrogen-bond acceptors (Lipinski definition) is 6. The quantitative estimate of drug-likeness (QED) is 0.462. The maximum Gasteiger partial charge on any atom is 0.349 e. The van der Waals surface area contributed by atoms with E-state index in [0.717, 1.165) is 16.4 Å². The van der Waals surface area contributed by atoms with Crippen LogP contribution < -0.4 is 4.74 Å². The molecular formula is C14H19NO5. The summed E-state index contributed by atoms with van der Waals surface area (Å²) in [5, 5.41) is 19.4. The molecule has 1 aromatic rings. The minimum Gasteiger partial charge on any atom is -0.497 e. The minimum absolute atomic E-state index is 0.692. The number of carbonyl (C=O) groups excluding carboxylic acids is 1. The molecule has 0 spiro atoms. The lowest BCUT2D eigenvalue weighted by atomic mass is 10.2. The third-order valence-corrected chi connectivity index (χ3v) is 2.46. The smallest absolute Gasteiger partial charge is 0.349 e. The van der Waals surface area contributed by atoms with Crippen molar-refractivity contribution in [1.82, 2.24) is 5.06 Å². The van der Waals surface area contributed by atoms with Crippen LogP contribution in [0.5, 0.6) is 5.75 Å². The number of hydrogen-bond donors (Lipinski definition) is 2. The molecule has 0 aliphatic rings. The lowest BCUT2D eigenvalue weighted by Crippen LogP contribution is -2.41. The van der Waals surface area contributed by atoms with E-state index in [1.807, 2.05) is 0 Å². The Labute approximate surface area is 117 Å².